The van der Waals surface area contributed by atoms with Gasteiger partial charge in [0.05, 0.1) is 0 Å². The van der Waals surface area contributed by atoms with Crippen molar-refractivity contribution < 1.29 is 4.79 Å². The highest BCUT2D eigenvalue weighted by Crippen LogP contribution is 2.18. The van der Waals surface area contributed by atoms with E-state index in [1.54, 1.807) is 0 Å². The van der Waals surface area contributed by atoms with E-state index < -0.39 is 0 Å². The number of carbonyl (C=O) groups is 1. The Hall–Kier alpha value is -2.09. The van der Waals surface area contributed by atoms with Crippen LogP contribution in [0.15, 0.2) is 59.6 Å². The summed E-state index contributed by atoms with van der Waals surface area (Å²) in [5.74, 6) is 1.38. The van der Waals surface area contributed by atoms with Crippen LogP contribution in [0.25, 0.3) is 0 Å². The molecule has 1 unspecified atom stereocenters. The van der Waals surface area contributed by atoms with Crippen LogP contribution in [-0.2, 0) is 17.6 Å². The highest BCUT2D eigenvalue weighted by atomic mass is 127. The third-order valence-corrected chi connectivity index (χ3v) is 5.45. The second-order valence-electron chi connectivity index (χ2n) is 8.03. The molecule has 31 heavy (non-hydrogen) atoms. The normalized spacial score (nSPS) is 16.2. The van der Waals surface area contributed by atoms with Gasteiger partial charge in [-0.3, -0.25) is 9.79 Å². The summed E-state index contributed by atoms with van der Waals surface area (Å²) in [7, 11) is 0. The molecular formula is C25H35IN4O. The molecule has 1 amide bonds. The number of hydrogen-bond acceptors (Lipinski definition) is 2. The summed E-state index contributed by atoms with van der Waals surface area (Å²) in [4.78, 5) is 19.1. The number of carbonyl (C=O) groups excluding carboxylic acids is 1. The van der Waals surface area contributed by atoms with Crippen LogP contribution in [0.3, 0.4) is 0 Å². The molecule has 1 aliphatic heterocycles. The van der Waals surface area contributed by atoms with Crippen LogP contribution < -0.4 is 10.6 Å². The molecular weight excluding hydrogens is 499 g/mol. The summed E-state index contributed by atoms with van der Waals surface area (Å²) in [6.07, 6.45) is 2.47. The Morgan fingerprint density at radius 3 is 2.58 bits per heavy atom. The molecule has 5 nitrogen and oxygen atoms in total. The van der Waals surface area contributed by atoms with E-state index in [1.807, 2.05) is 23.1 Å². The fourth-order valence-electron chi connectivity index (χ4n) is 3.86. The topological polar surface area (TPSA) is 56.7 Å². The maximum atomic E-state index is 12.4. The molecule has 1 aliphatic rings. The van der Waals surface area contributed by atoms with Gasteiger partial charge in [-0.25, -0.2) is 0 Å². The summed E-state index contributed by atoms with van der Waals surface area (Å²) in [5, 5.41) is 6.74. The lowest BCUT2D eigenvalue weighted by atomic mass is 10.1. The van der Waals surface area contributed by atoms with Crippen molar-refractivity contribution in [3.8, 4) is 0 Å². The van der Waals surface area contributed by atoms with Gasteiger partial charge >= 0.3 is 0 Å². The number of nitrogens with one attached hydrogen (secondary N) is 2. The Labute approximate surface area is 203 Å². The molecule has 2 aromatic rings. The Morgan fingerprint density at radius 1 is 1.06 bits per heavy atom. The molecule has 3 rings (SSSR count). The number of benzene rings is 2. The van der Waals surface area contributed by atoms with Gasteiger partial charge in [-0.1, -0.05) is 60.2 Å². The molecule has 1 saturated heterocycles. The fourth-order valence-corrected chi connectivity index (χ4v) is 3.86. The minimum Gasteiger partial charge on any atom is -0.357 e. The monoisotopic (exact) mass is 534 g/mol. The van der Waals surface area contributed by atoms with E-state index in [-0.39, 0.29) is 29.9 Å². The van der Waals surface area contributed by atoms with Crippen LogP contribution in [0, 0.1) is 12.8 Å². The predicted molar refractivity (Wildman–Crippen MR) is 139 cm³/mol. The molecule has 1 atom stereocenters. The minimum absolute atomic E-state index is 0. The SMILES string of the molecule is CCNC(=NCC1CC(=O)N(CCc2ccccc2)C1)NCCc1cccc(C)c1.I. The lowest BCUT2D eigenvalue weighted by Gasteiger charge is -2.16. The zero-order valence-electron chi connectivity index (χ0n) is 18.6. The van der Waals surface area contributed by atoms with Gasteiger partial charge < -0.3 is 15.5 Å². The van der Waals surface area contributed by atoms with Crippen LogP contribution in [0.5, 0.6) is 0 Å². The van der Waals surface area contributed by atoms with E-state index in [1.165, 1.54) is 16.7 Å². The van der Waals surface area contributed by atoms with Crippen molar-refractivity contribution >= 4 is 35.8 Å². The van der Waals surface area contributed by atoms with E-state index in [4.69, 9.17) is 4.99 Å². The first-order chi connectivity index (χ1) is 14.6. The van der Waals surface area contributed by atoms with Crippen molar-refractivity contribution in [1.82, 2.24) is 15.5 Å². The molecule has 0 radical (unpaired) electrons. The van der Waals surface area contributed by atoms with Crippen LogP contribution in [-0.4, -0.2) is 49.5 Å². The van der Waals surface area contributed by atoms with Crippen LogP contribution in [0.2, 0.25) is 0 Å². The first-order valence-electron chi connectivity index (χ1n) is 11.0. The van der Waals surface area contributed by atoms with Crippen molar-refractivity contribution in [3.05, 3.63) is 71.3 Å². The number of aryl methyl sites for hydroxylation is 1. The van der Waals surface area contributed by atoms with Crippen LogP contribution >= 0.6 is 24.0 Å². The average molecular weight is 534 g/mol. The van der Waals surface area contributed by atoms with Gasteiger partial charge in [-0.15, -0.1) is 24.0 Å². The van der Waals surface area contributed by atoms with E-state index in [9.17, 15) is 4.79 Å². The predicted octanol–water partition coefficient (Wildman–Crippen LogP) is 3.80. The fraction of sp³-hybridized carbons (Fsp3) is 0.440. The molecule has 0 spiro atoms. The van der Waals surface area contributed by atoms with Crippen molar-refractivity contribution in [2.45, 2.75) is 33.1 Å². The second kappa shape index (κ2) is 13.3. The molecule has 1 heterocycles. The molecule has 0 aromatic heterocycles. The summed E-state index contributed by atoms with van der Waals surface area (Å²) in [5.41, 5.74) is 3.89. The highest BCUT2D eigenvalue weighted by molar-refractivity contribution is 14.0. The number of hydrogen-bond donors (Lipinski definition) is 2. The largest absolute Gasteiger partial charge is 0.357 e. The van der Waals surface area contributed by atoms with Crippen molar-refractivity contribution in [2.24, 2.45) is 10.9 Å². The quantitative estimate of drug-likeness (QED) is 0.293. The van der Waals surface area contributed by atoms with E-state index in [0.29, 0.717) is 18.9 Å². The number of halogens is 1. The number of amides is 1. The Bertz CT molecular complexity index is 840. The minimum atomic E-state index is 0. The van der Waals surface area contributed by atoms with E-state index >= 15 is 0 Å². The van der Waals surface area contributed by atoms with Gasteiger partial charge in [0, 0.05) is 45.1 Å². The number of rotatable bonds is 9. The maximum absolute atomic E-state index is 12.4. The van der Waals surface area contributed by atoms with Crippen LogP contribution in [0.4, 0.5) is 0 Å². The third-order valence-electron chi connectivity index (χ3n) is 5.45. The third kappa shape index (κ3) is 8.51. The number of aliphatic imine (C=N–C) groups is 1. The molecule has 0 saturated carbocycles. The Balaban J connectivity index is 0.00000341. The van der Waals surface area contributed by atoms with Gasteiger partial charge in [-0.2, -0.15) is 0 Å². The van der Waals surface area contributed by atoms with Gasteiger partial charge in [-0.05, 0) is 37.8 Å². The average Bonchev–Trinajstić information content (AvgIpc) is 3.11. The molecule has 2 N–H and O–H groups in total. The summed E-state index contributed by atoms with van der Waals surface area (Å²) in [6.45, 7) is 8.12. The van der Waals surface area contributed by atoms with Gasteiger partial charge in [0.2, 0.25) is 5.91 Å². The van der Waals surface area contributed by atoms with E-state index in [0.717, 1.165) is 45.0 Å². The van der Waals surface area contributed by atoms with Crippen LogP contribution in [0.1, 0.15) is 30.0 Å². The Kier molecular flexibility index (Phi) is 10.8. The lowest BCUT2D eigenvalue weighted by molar-refractivity contribution is -0.127. The first-order valence-corrected chi connectivity index (χ1v) is 11.0. The van der Waals surface area contributed by atoms with Gasteiger partial charge in [0.15, 0.2) is 5.96 Å². The number of guanidine groups is 1. The lowest BCUT2D eigenvalue weighted by Crippen LogP contribution is -2.38. The van der Waals surface area contributed by atoms with E-state index in [2.05, 4.69) is 60.9 Å². The highest BCUT2D eigenvalue weighted by Gasteiger charge is 2.28. The molecule has 2 aromatic carbocycles. The smallest absolute Gasteiger partial charge is 0.223 e. The zero-order chi connectivity index (χ0) is 21.2. The van der Waals surface area contributed by atoms with Gasteiger partial charge in [0.1, 0.15) is 0 Å². The van der Waals surface area contributed by atoms with Crippen molar-refractivity contribution in [2.75, 3.05) is 32.7 Å². The molecule has 0 bridgehead atoms. The molecule has 0 aliphatic carbocycles. The Morgan fingerprint density at radius 2 is 1.84 bits per heavy atom. The second-order valence-corrected chi connectivity index (χ2v) is 8.03. The van der Waals surface area contributed by atoms with Crippen molar-refractivity contribution in [3.63, 3.8) is 0 Å². The standard InChI is InChI=1S/C25H34N4O.HI/c1-3-26-25(27-14-12-22-11-7-8-20(2)16-22)28-18-23-17-24(30)29(19-23)15-13-21-9-5-4-6-10-21;/h4-11,16,23H,3,12-15,17-19H2,1-2H3,(H2,26,27,28);1H. The number of nitrogens with zero attached hydrogens (tertiary/aromatic N) is 2. The van der Waals surface area contributed by atoms with Crippen molar-refractivity contribution in [1.29, 1.82) is 0 Å². The summed E-state index contributed by atoms with van der Waals surface area (Å²) in [6, 6.07) is 19.0. The van der Waals surface area contributed by atoms with Gasteiger partial charge in [0.25, 0.3) is 0 Å². The first kappa shape index (κ1) is 25.2. The maximum Gasteiger partial charge on any atom is 0.223 e. The molecule has 168 valence electrons. The molecule has 1 fully saturated rings. The zero-order valence-corrected chi connectivity index (χ0v) is 21.0. The summed E-state index contributed by atoms with van der Waals surface area (Å²) < 4.78 is 0. The summed E-state index contributed by atoms with van der Waals surface area (Å²) >= 11 is 0. The molecule has 6 heteroatoms. The number of likely N-dealkylation sites (tertiary alicyclic amines) is 1.